The molecule has 0 aliphatic rings. The summed E-state index contributed by atoms with van der Waals surface area (Å²) in [5.41, 5.74) is 0.460. The number of amides is 1. The van der Waals surface area contributed by atoms with Gasteiger partial charge in [0.05, 0.1) is 11.9 Å². The fourth-order valence-corrected chi connectivity index (χ4v) is 3.64. The van der Waals surface area contributed by atoms with E-state index in [1.807, 2.05) is 0 Å². The maximum absolute atomic E-state index is 13.5. The molecule has 134 valence electrons. The molecule has 0 heterocycles. The molecule has 0 aliphatic carbocycles. The average Bonchev–Trinajstić information content (AvgIpc) is 2.56. The fraction of sp³-hybridized carbons (Fsp3) is 0.235. The topological polar surface area (TPSA) is 57.7 Å². The van der Waals surface area contributed by atoms with Crippen molar-refractivity contribution in [2.24, 2.45) is 0 Å². The first kappa shape index (κ1) is 18.9. The predicted molar refractivity (Wildman–Crippen MR) is 93.0 cm³/mol. The highest BCUT2D eigenvalue weighted by atomic mass is 32.2. The molecule has 0 aromatic heterocycles. The van der Waals surface area contributed by atoms with Crippen LogP contribution in [0, 0.1) is 11.6 Å². The Labute approximate surface area is 145 Å². The van der Waals surface area contributed by atoms with Gasteiger partial charge in [-0.2, -0.15) is 0 Å². The molecule has 0 unspecified atom stereocenters. The molecule has 2 aromatic carbocycles. The molecular formula is C17H18F2N2O3S. The molecule has 5 nitrogen and oxygen atoms in total. The number of para-hydroxylation sites is 1. The standard InChI is InChI=1S/C17H18F2N2O3S/c1-12(17(22)20(2)13-7-5-4-6-8-13)21(25(3,23)24)14-9-10-15(18)16(19)11-14/h4-12H,1-3H3/t12-/m0/s1. The number of hydrogen-bond donors (Lipinski definition) is 0. The molecule has 0 saturated heterocycles. The summed E-state index contributed by atoms with van der Waals surface area (Å²) in [7, 11) is -2.40. The van der Waals surface area contributed by atoms with Crippen LogP contribution in [0.5, 0.6) is 0 Å². The van der Waals surface area contributed by atoms with E-state index in [1.54, 1.807) is 30.3 Å². The van der Waals surface area contributed by atoms with Crippen molar-refractivity contribution in [3.63, 3.8) is 0 Å². The van der Waals surface area contributed by atoms with Crippen LogP contribution in [0.4, 0.5) is 20.2 Å². The van der Waals surface area contributed by atoms with Gasteiger partial charge in [0, 0.05) is 18.8 Å². The normalized spacial score (nSPS) is 12.5. The van der Waals surface area contributed by atoms with Gasteiger partial charge in [-0.15, -0.1) is 0 Å². The number of carbonyl (C=O) groups excluding carboxylic acids is 1. The lowest BCUT2D eigenvalue weighted by Gasteiger charge is -2.31. The number of likely N-dealkylation sites (N-methyl/N-ethyl adjacent to an activating group) is 1. The van der Waals surface area contributed by atoms with Crippen LogP contribution in [0.1, 0.15) is 6.92 Å². The summed E-state index contributed by atoms with van der Waals surface area (Å²) in [6, 6.07) is 10.2. The van der Waals surface area contributed by atoms with E-state index in [0.717, 1.165) is 28.8 Å². The lowest BCUT2D eigenvalue weighted by Crippen LogP contribution is -2.48. The van der Waals surface area contributed by atoms with Gasteiger partial charge in [-0.1, -0.05) is 18.2 Å². The number of nitrogens with zero attached hydrogens (tertiary/aromatic N) is 2. The zero-order chi connectivity index (χ0) is 18.8. The first-order valence-electron chi connectivity index (χ1n) is 7.40. The Kier molecular flexibility index (Phi) is 5.42. The Hall–Kier alpha value is -2.48. The summed E-state index contributed by atoms with van der Waals surface area (Å²) < 4.78 is 51.8. The van der Waals surface area contributed by atoms with Crippen LogP contribution in [0.2, 0.25) is 0 Å². The average molecular weight is 368 g/mol. The van der Waals surface area contributed by atoms with E-state index in [2.05, 4.69) is 0 Å². The number of halogens is 2. The Morgan fingerprint density at radius 1 is 1.00 bits per heavy atom. The molecule has 2 aromatic rings. The van der Waals surface area contributed by atoms with Gasteiger partial charge in [-0.25, -0.2) is 17.2 Å². The van der Waals surface area contributed by atoms with E-state index in [0.29, 0.717) is 5.69 Å². The number of carbonyl (C=O) groups is 1. The molecule has 8 heteroatoms. The maximum atomic E-state index is 13.5. The summed E-state index contributed by atoms with van der Waals surface area (Å²) in [4.78, 5) is 14.0. The second-order valence-corrected chi connectivity index (χ2v) is 7.43. The quantitative estimate of drug-likeness (QED) is 0.815. The second-order valence-electron chi connectivity index (χ2n) is 5.57. The summed E-state index contributed by atoms with van der Waals surface area (Å²) >= 11 is 0. The summed E-state index contributed by atoms with van der Waals surface area (Å²) in [5, 5.41) is 0. The third-order valence-electron chi connectivity index (χ3n) is 3.70. The van der Waals surface area contributed by atoms with Crippen LogP contribution in [0.15, 0.2) is 48.5 Å². The van der Waals surface area contributed by atoms with Gasteiger partial charge in [0.1, 0.15) is 6.04 Å². The molecule has 0 bridgehead atoms. The van der Waals surface area contributed by atoms with Gasteiger partial charge in [-0.3, -0.25) is 9.10 Å². The zero-order valence-corrected chi connectivity index (χ0v) is 14.8. The van der Waals surface area contributed by atoms with Crippen LogP contribution in [0.25, 0.3) is 0 Å². The molecule has 0 saturated carbocycles. The Morgan fingerprint density at radius 2 is 1.60 bits per heavy atom. The molecule has 0 fully saturated rings. The van der Waals surface area contributed by atoms with Gasteiger partial charge in [0.2, 0.25) is 15.9 Å². The number of benzene rings is 2. The van der Waals surface area contributed by atoms with Crippen molar-refractivity contribution in [3.8, 4) is 0 Å². The van der Waals surface area contributed by atoms with Crippen molar-refractivity contribution >= 4 is 27.3 Å². The highest BCUT2D eigenvalue weighted by Gasteiger charge is 2.31. The van der Waals surface area contributed by atoms with E-state index in [1.165, 1.54) is 18.9 Å². The number of sulfonamides is 1. The van der Waals surface area contributed by atoms with Gasteiger partial charge >= 0.3 is 0 Å². The number of hydrogen-bond acceptors (Lipinski definition) is 3. The van der Waals surface area contributed by atoms with E-state index in [9.17, 15) is 22.0 Å². The van der Waals surface area contributed by atoms with Crippen molar-refractivity contribution in [1.82, 2.24) is 0 Å². The third-order valence-corrected chi connectivity index (χ3v) is 4.94. The molecule has 1 atom stereocenters. The third kappa shape index (κ3) is 4.14. The van der Waals surface area contributed by atoms with Crippen molar-refractivity contribution in [2.75, 3.05) is 22.5 Å². The Morgan fingerprint density at radius 3 is 2.12 bits per heavy atom. The minimum atomic E-state index is -3.91. The highest BCUT2D eigenvalue weighted by Crippen LogP contribution is 2.24. The highest BCUT2D eigenvalue weighted by molar-refractivity contribution is 7.92. The zero-order valence-electron chi connectivity index (χ0n) is 14.0. The smallest absolute Gasteiger partial charge is 0.250 e. The van der Waals surface area contributed by atoms with Crippen LogP contribution < -0.4 is 9.21 Å². The van der Waals surface area contributed by atoms with E-state index < -0.39 is 33.6 Å². The van der Waals surface area contributed by atoms with E-state index in [4.69, 9.17) is 0 Å². The molecule has 2 rings (SSSR count). The predicted octanol–water partition coefficient (Wildman–Crippen LogP) is 2.78. The SMILES string of the molecule is C[C@@H](C(=O)N(C)c1ccccc1)N(c1ccc(F)c(F)c1)S(C)(=O)=O. The lowest BCUT2D eigenvalue weighted by molar-refractivity contribution is -0.119. The van der Waals surface area contributed by atoms with Crippen molar-refractivity contribution in [1.29, 1.82) is 0 Å². The molecular weight excluding hydrogens is 350 g/mol. The van der Waals surface area contributed by atoms with Crippen LogP contribution in [-0.2, 0) is 14.8 Å². The molecule has 25 heavy (non-hydrogen) atoms. The first-order chi connectivity index (χ1) is 11.6. The minimum absolute atomic E-state index is 0.122. The van der Waals surface area contributed by atoms with Gasteiger partial charge in [0.25, 0.3) is 0 Å². The first-order valence-corrected chi connectivity index (χ1v) is 9.25. The van der Waals surface area contributed by atoms with Crippen molar-refractivity contribution < 1.29 is 22.0 Å². The van der Waals surface area contributed by atoms with Crippen molar-refractivity contribution in [3.05, 3.63) is 60.2 Å². The summed E-state index contributed by atoms with van der Waals surface area (Å²) in [6.07, 6.45) is 0.903. The van der Waals surface area contributed by atoms with Crippen LogP contribution in [0.3, 0.4) is 0 Å². The summed E-state index contributed by atoms with van der Waals surface area (Å²) in [5.74, 6) is -2.80. The number of anilines is 2. The minimum Gasteiger partial charge on any atom is -0.314 e. The van der Waals surface area contributed by atoms with Gasteiger partial charge in [-0.05, 0) is 31.2 Å². The summed E-state index contributed by atoms with van der Waals surface area (Å²) in [6.45, 7) is 1.39. The van der Waals surface area contributed by atoms with Crippen molar-refractivity contribution in [2.45, 2.75) is 13.0 Å². The number of rotatable bonds is 5. The molecule has 1 amide bonds. The van der Waals surface area contributed by atoms with E-state index >= 15 is 0 Å². The molecule has 0 radical (unpaired) electrons. The molecule has 0 spiro atoms. The lowest BCUT2D eigenvalue weighted by atomic mass is 10.2. The largest absolute Gasteiger partial charge is 0.314 e. The second kappa shape index (κ2) is 7.18. The van der Waals surface area contributed by atoms with E-state index in [-0.39, 0.29) is 5.69 Å². The Balaban J connectivity index is 2.41. The monoisotopic (exact) mass is 368 g/mol. The molecule has 0 N–H and O–H groups in total. The maximum Gasteiger partial charge on any atom is 0.250 e. The van der Waals surface area contributed by atoms with Crippen LogP contribution >= 0.6 is 0 Å². The van der Waals surface area contributed by atoms with Crippen LogP contribution in [-0.4, -0.2) is 33.7 Å². The fourth-order valence-electron chi connectivity index (χ4n) is 2.48. The van der Waals surface area contributed by atoms with Gasteiger partial charge < -0.3 is 4.90 Å². The van der Waals surface area contributed by atoms with Gasteiger partial charge in [0.15, 0.2) is 11.6 Å². The Bertz CT molecular complexity index is 873. The molecule has 0 aliphatic heterocycles.